The van der Waals surface area contributed by atoms with Crippen LogP contribution in [0.5, 0.6) is 5.75 Å². The number of unbranched alkanes of at least 4 members (excludes halogenated alkanes) is 1. The van der Waals surface area contributed by atoms with Crippen molar-refractivity contribution in [3.05, 3.63) is 82.9 Å². The highest BCUT2D eigenvalue weighted by Gasteiger charge is 2.35. The third-order valence-corrected chi connectivity index (χ3v) is 13.1. The van der Waals surface area contributed by atoms with Gasteiger partial charge in [-0.25, -0.2) is 9.97 Å². The van der Waals surface area contributed by atoms with Crippen molar-refractivity contribution < 1.29 is 33.9 Å². The van der Waals surface area contributed by atoms with Gasteiger partial charge in [0.05, 0.1) is 35.3 Å². The maximum atomic E-state index is 14.1. The molecule has 2 aromatic carbocycles. The molecule has 1 saturated heterocycles. The van der Waals surface area contributed by atoms with E-state index in [-0.39, 0.29) is 67.1 Å². The van der Waals surface area contributed by atoms with Crippen LogP contribution in [0.2, 0.25) is 0 Å². The number of aromatic hydroxyl groups is 1. The fourth-order valence-electron chi connectivity index (χ4n) is 8.51. The number of fused-ring (bicyclic) bond motifs is 1. The topological polar surface area (TPSA) is 358 Å². The molecule has 24 heteroatoms. The second-order valence-electron chi connectivity index (χ2n) is 18.3. The summed E-state index contributed by atoms with van der Waals surface area (Å²) in [6, 6.07) is 6.37. The van der Waals surface area contributed by atoms with E-state index in [1.807, 2.05) is 24.8 Å². The molecule has 6 atom stereocenters. The lowest BCUT2D eigenvalue weighted by Gasteiger charge is -2.39. The highest BCUT2D eigenvalue weighted by molar-refractivity contribution is 5.95. The van der Waals surface area contributed by atoms with E-state index in [2.05, 4.69) is 41.5 Å². The first kappa shape index (κ1) is 56.3. The molecular weight excluding hydrogens is 941 g/mol. The molecule has 2 aromatic heterocycles. The molecule has 73 heavy (non-hydrogen) atoms. The summed E-state index contributed by atoms with van der Waals surface area (Å²) in [4.78, 5) is 113. The molecule has 0 spiro atoms. The number of aromatic nitrogens is 4. The number of amides is 6. The van der Waals surface area contributed by atoms with Gasteiger partial charge < -0.3 is 68.6 Å². The molecule has 24 nitrogen and oxygen atoms in total. The Morgan fingerprint density at radius 3 is 2.21 bits per heavy atom. The number of benzene rings is 2. The zero-order chi connectivity index (χ0) is 53.2. The number of nitrogens with zero attached hydrogens (tertiary/aromatic N) is 6. The van der Waals surface area contributed by atoms with Crippen molar-refractivity contribution in [2.75, 3.05) is 58.3 Å². The molecule has 0 unspecified atom stereocenters. The van der Waals surface area contributed by atoms with Gasteiger partial charge >= 0.3 is 0 Å². The Bertz CT molecular complexity index is 2570. The van der Waals surface area contributed by atoms with Gasteiger partial charge in [0.2, 0.25) is 35.4 Å². The number of aromatic amines is 1. The first-order valence-corrected chi connectivity index (χ1v) is 24.6. The monoisotopic (exact) mass is 1010 g/mol. The summed E-state index contributed by atoms with van der Waals surface area (Å²) >= 11 is 0. The number of anilines is 1. The van der Waals surface area contributed by atoms with E-state index in [1.165, 1.54) is 36.7 Å². The molecule has 6 amide bonds. The van der Waals surface area contributed by atoms with Gasteiger partial charge in [0, 0.05) is 71.5 Å². The fourth-order valence-corrected chi connectivity index (χ4v) is 8.51. The van der Waals surface area contributed by atoms with Crippen molar-refractivity contribution in [3.63, 3.8) is 0 Å². The normalized spacial score (nSPS) is 15.0. The minimum absolute atomic E-state index is 0.0274. The molecule has 1 aliphatic rings. The maximum absolute atomic E-state index is 14.1. The van der Waals surface area contributed by atoms with Crippen molar-refractivity contribution >= 4 is 58.0 Å². The lowest BCUT2D eigenvalue weighted by atomic mass is 9.97. The van der Waals surface area contributed by atoms with Crippen LogP contribution in [-0.2, 0) is 48.2 Å². The fraction of sp³-hybridized carbons (Fsp3) is 0.510. The van der Waals surface area contributed by atoms with Crippen molar-refractivity contribution in [2.45, 2.75) is 102 Å². The van der Waals surface area contributed by atoms with E-state index in [4.69, 9.17) is 22.6 Å². The van der Waals surface area contributed by atoms with Crippen LogP contribution in [0.25, 0.3) is 10.9 Å². The van der Waals surface area contributed by atoms with Crippen molar-refractivity contribution in [1.82, 2.24) is 55.9 Å². The maximum Gasteiger partial charge on any atom is 0.261 e. The Balaban J connectivity index is 1.29. The van der Waals surface area contributed by atoms with Gasteiger partial charge in [0.1, 0.15) is 36.5 Å². The summed E-state index contributed by atoms with van der Waals surface area (Å²) in [6.07, 6.45) is 7.02. The number of carbonyl (C=O) groups is 6. The minimum Gasteiger partial charge on any atom is -0.508 e. The molecule has 0 aliphatic carbocycles. The molecule has 396 valence electrons. The van der Waals surface area contributed by atoms with E-state index < -0.39 is 65.9 Å². The van der Waals surface area contributed by atoms with Crippen LogP contribution in [-0.4, -0.2) is 159 Å². The number of piperazine rings is 1. The number of nitrogens with two attached hydrogens (primary N) is 3. The summed E-state index contributed by atoms with van der Waals surface area (Å²) < 4.78 is 1.13. The number of phenols is 1. The SMILES string of the molecule is CC[C@H](C)[C@H](N)C(=O)N(C)[C@@H](CCCCN)C(=O)N1CCN(c2ccc3ncn(CC(=O)N[C@@H](CCCNC(=N)N)C(=O)N[C@@H](Cc4c[nH]cn4)C(=O)N[C@@H](Cc4ccc(O)cc4)C(=O)NC)c(=O)c3c2)CC1. The van der Waals surface area contributed by atoms with Crippen molar-refractivity contribution in [3.8, 4) is 5.75 Å². The Morgan fingerprint density at radius 2 is 1.58 bits per heavy atom. The number of guanidine groups is 1. The molecule has 1 fully saturated rings. The summed E-state index contributed by atoms with van der Waals surface area (Å²) in [5, 5.41) is 30.9. The summed E-state index contributed by atoms with van der Waals surface area (Å²) in [6.45, 7) is 5.64. The number of imidazole rings is 1. The number of phenolic OH excluding ortho intramolecular Hbond substituents is 1. The molecule has 5 rings (SSSR count). The number of likely N-dealkylation sites (N-methyl/N-ethyl adjacent to an activating group) is 2. The Labute approximate surface area is 424 Å². The Morgan fingerprint density at radius 1 is 0.890 bits per heavy atom. The van der Waals surface area contributed by atoms with Crippen LogP contribution in [0.3, 0.4) is 0 Å². The van der Waals surface area contributed by atoms with E-state index in [0.717, 1.165) is 11.0 Å². The lowest BCUT2D eigenvalue weighted by Crippen LogP contribution is -2.57. The number of hydrogen-bond acceptors (Lipinski definition) is 14. The van der Waals surface area contributed by atoms with E-state index in [1.54, 1.807) is 42.4 Å². The minimum atomic E-state index is -1.28. The van der Waals surface area contributed by atoms with Crippen LogP contribution >= 0.6 is 0 Å². The van der Waals surface area contributed by atoms with Gasteiger partial charge in [-0.15, -0.1) is 0 Å². The second kappa shape index (κ2) is 27.3. The van der Waals surface area contributed by atoms with Crippen molar-refractivity contribution in [2.24, 2.45) is 23.1 Å². The molecule has 0 radical (unpaired) electrons. The third-order valence-electron chi connectivity index (χ3n) is 13.1. The van der Waals surface area contributed by atoms with E-state index in [9.17, 15) is 38.7 Å². The van der Waals surface area contributed by atoms with Crippen LogP contribution in [0.1, 0.15) is 63.6 Å². The van der Waals surface area contributed by atoms with Gasteiger partial charge in [-0.2, -0.15) is 0 Å². The Hall–Kier alpha value is -7.60. The highest BCUT2D eigenvalue weighted by atomic mass is 16.3. The molecule has 0 bridgehead atoms. The number of H-pyrrole nitrogens is 1. The smallest absolute Gasteiger partial charge is 0.261 e. The van der Waals surface area contributed by atoms with Crippen LogP contribution < -0.4 is 54.2 Å². The van der Waals surface area contributed by atoms with Gasteiger partial charge in [-0.05, 0) is 80.5 Å². The molecule has 4 aromatic rings. The van der Waals surface area contributed by atoms with Crippen LogP contribution in [0, 0.1) is 11.3 Å². The predicted octanol–water partition coefficient (Wildman–Crippen LogP) is -1.25. The van der Waals surface area contributed by atoms with Crippen LogP contribution in [0.15, 0.2) is 66.1 Å². The third kappa shape index (κ3) is 15.9. The zero-order valence-corrected chi connectivity index (χ0v) is 42.1. The average Bonchev–Trinajstić information content (AvgIpc) is 3.91. The number of nitrogens with one attached hydrogen (secondary N) is 7. The quantitative estimate of drug-likeness (QED) is 0.0199. The van der Waals surface area contributed by atoms with Gasteiger partial charge in [-0.1, -0.05) is 32.4 Å². The second-order valence-corrected chi connectivity index (χ2v) is 18.3. The summed E-state index contributed by atoms with van der Waals surface area (Å²) in [7, 11) is 3.06. The zero-order valence-electron chi connectivity index (χ0n) is 42.1. The van der Waals surface area contributed by atoms with Gasteiger partial charge in [0.15, 0.2) is 5.96 Å². The highest BCUT2D eigenvalue weighted by Crippen LogP contribution is 2.23. The first-order valence-electron chi connectivity index (χ1n) is 24.6. The molecule has 0 saturated carbocycles. The largest absolute Gasteiger partial charge is 0.508 e. The van der Waals surface area contributed by atoms with E-state index >= 15 is 0 Å². The first-order chi connectivity index (χ1) is 34.9. The average molecular weight is 1010 g/mol. The van der Waals surface area contributed by atoms with Gasteiger partial charge in [0.25, 0.3) is 5.56 Å². The molecule has 1 aliphatic heterocycles. The standard InChI is InChI=1S/C49H72N16O8/c1-5-30(2)42(51)48(73)62(4)40(10-6-7-17-50)47(72)64-21-19-63(20-22-64)33-13-16-36-35(25-33)46(71)65(29-58-36)27-41(67)59-37(9-8-18-56-49(52)53)44(69)61-39(24-32-26-55-28-57-32)45(70)60-38(43(68)54-3)23-31-11-14-34(66)15-12-31/h11-16,25-26,28-30,37-40,42,66H,5-10,17-24,27,50-51H2,1-4H3,(H,54,68)(H,55,57)(H,59,67)(H,60,70)(H,61,69)(H4,52,53,56)/t30-,37-,38-,39-,40-,42-/m0/s1. The number of carbonyl (C=O) groups excluding carboxylic acids is 6. The van der Waals surface area contributed by atoms with E-state index in [0.29, 0.717) is 74.4 Å². The molecule has 3 heterocycles. The Kier molecular flexibility index (Phi) is 21.1. The molecular formula is C49H72N16O8. The van der Waals surface area contributed by atoms with Gasteiger partial charge in [-0.3, -0.25) is 43.5 Å². The van der Waals surface area contributed by atoms with Crippen molar-refractivity contribution in [1.29, 1.82) is 5.41 Å². The summed E-state index contributed by atoms with van der Waals surface area (Å²) in [5.74, 6) is -3.42. The lowest BCUT2D eigenvalue weighted by molar-refractivity contribution is -0.146. The number of hydrogen-bond donors (Lipinski definition) is 11. The summed E-state index contributed by atoms with van der Waals surface area (Å²) in [5.41, 5.74) is 19.2. The number of rotatable bonds is 26. The van der Waals surface area contributed by atoms with Crippen LogP contribution in [0.4, 0.5) is 5.69 Å². The molecule has 14 N–H and O–H groups in total. The predicted molar refractivity (Wildman–Crippen MR) is 275 cm³/mol.